The summed E-state index contributed by atoms with van der Waals surface area (Å²) >= 11 is 0. The van der Waals surface area contributed by atoms with Crippen molar-refractivity contribution in [3.8, 4) is 0 Å². The van der Waals surface area contributed by atoms with E-state index in [2.05, 4.69) is 0 Å². The molecule has 0 saturated heterocycles. The van der Waals surface area contributed by atoms with Gasteiger partial charge in [-0.1, -0.05) is 30.3 Å². The molecule has 0 bridgehead atoms. The molecule has 1 aromatic carbocycles. The summed E-state index contributed by atoms with van der Waals surface area (Å²) in [4.78, 5) is 0. The van der Waals surface area contributed by atoms with E-state index in [9.17, 15) is 4.39 Å². The Morgan fingerprint density at radius 3 is 2.27 bits per heavy atom. The molecule has 0 radical (unpaired) electrons. The Morgan fingerprint density at radius 2 is 1.82 bits per heavy atom. The van der Waals surface area contributed by atoms with Crippen LogP contribution < -0.4 is 0 Å². The number of benzene rings is 1. The molecule has 0 unspecified atom stereocenters. The quantitative estimate of drug-likeness (QED) is 0.613. The lowest BCUT2D eigenvalue weighted by atomic mass is 10.1. The van der Waals surface area contributed by atoms with Gasteiger partial charge in [-0.25, -0.2) is 0 Å². The van der Waals surface area contributed by atoms with Gasteiger partial charge >= 0.3 is 0 Å². The molecule has 0 aromatic heterocycles. The van der Waals surface area contributed by atoms with E-state index in [0.717, 1.165) is 0 Å². The minimum absolute atomic E-state index is 0.269. The van der Waals surface area contributed by atoms with Crippen molar-refractivity contribution in [1.29, 1.82) is 0 Å². The maximum atomic E-state index is 12.2. The molecule has 58 valence electrons. The first-order chi connectivity index (χ1) is 5.22. The number of aliphatic hydroxyl groups is 1. The first-order valence-electron chi connectivity index (χ1n) is 3.32. The van der Waals surface area contributed by atoms with Crippen molar-refractivity contribution >= 4 is 5.57 Å². The third-order valence-corrected chi connectivity index (χ3v) is 1.52. The Labute approximate surface area is 64.8 Å². The summed E-state index contributed by atoms with van der Waals surface area (Å²) < 4.78 is 12.2. The average Bonchev–Trinajstić information content (AvgIpc) is 2.05. The molecule has 1 rings (SSSR count). The second-order valence-corrected chi connectivity index (χ2v) is 2.28. The van der Waals surface area contributed by atoms with Gasteiger partial charge < -0.3 is 5.11 Å². The third-order valence-electron chi connectivity index (χ3n) is 1.52. The summed E-state index contributed by atoms with van der Waals surface area (Å²) in [6.45, 7) is 1.53. The van der Waals surface area contributed by atoms with Gasteiger partial charge in [-0.05, 0) is 12.5 Å². The summed E-state index contributed by atoms with van der Waals surface area (Å²) in [5.41, 5.74) is 0.970. The van der Waals surface area contributed by atoms with Crippen molar-refractivity contribution in [1.82, 2.24) is 0 Å². The van der Waals surface area contributed by atoms with Crippen LogP contribution >= 0.6 is 0 Å². The second-order valence-electron chi connectivity index (χ2n) is 2.28. The van der Waals surface area contributed by atoms with Crippen molar-refractivity contribution in [2.45, 2.75) is 6.92 Å². The van der Waals surface area contributed by atoms with Gasteiger partial charge in [-0.15, -0.1) is 0 Å². The first-order valence-corrected chi connectivity index (χ1v) is 3.32. The summed E-state index contributed by atoms with van der Waals surface area (Å²) in [6, 6.07) is 7.79. The molecular formula is C9H9FO. The van der Waals surface area contributed by atoms with Crippen LogP contribution in [-0.4, -0.2) is 5.11 Å². The first kappa shape index (κ1) is 7.79. The predicted molar refractivity (Wildman–Crippen MR) is 42.8 cm³/mol. The van der Waals surface area contributed by atoms with Crippen LogP contribution in [0, 0.1) is 0 Å². The topological polar surface area (TPSA) is 20.2 Å². The van der Waals surface area contributed by atoms with Crippen LogP contribution in [0.3, 0.4) is 0 Å². The normalized spacial score (nSPS) is 12.5. The van der Waals surface area contributed by atoms with Gasteiger partial charge in [0.25, 0.3) is 6.01 Å². The highest BCUT2D eigenvalue weighted by atomic mass is 19.1. The SMILES string of the molecule is CC(=C(O)F)c1ccccc1. The fourth-order valence-electron chi connectivity index (χ4n) is 0.807. The Morgan fingerprint density at radius 1 is 1.27 bits per heavy atom. The molecular weight excluding hydrogens is 143 g/mol. The number of halogens is 1. The van der Waals surface area contributed by atoms with Crippen molar-refractivity contribution in [2.24, 2.45) is 0 Å². The van der Waals surface area contributed by atoms with Crippen molar-refractivity contribution in [3.05, 3.63) is 41.9 Å². The van der Waals surface area contributed by atoms with Crippen molar-refractivity contribution < 1.29 is 9.50 Å². The standard InChI is InChI=1S/C9H9FO/c1-7(9(10)11)8-5-3-2-4-6-8/h2-6,11H,1H3. The summed E-state index contributed by atoms with van der Waals surface area (Å²) in [6.07, 6.45) is 0. The summed E-state index contributed by atoms with van der Waals surface area (Å²) in [5, 5.41) is 8.49. The van der Waals surface area contributed by atoms with E-state index in [1.54, 1.807) is 24.3 Å². The predicted octanol–water partition coefficient (Wildman–Crippen LogP) is 2.90. The van der Waals surface area contributed by atoms with Crippen LogP contribution in [0.5, 0.6) is 0 Å². The minimum Gasteiger partial charge on any atom is -0.486 e. The molecule has 0 aliphatic heterocycles. The highest BCUT2D eigenvalue weighted by Gasteiger charge is 1.99. The Kier molecular flexibility index (Phi) is 2.26. The maximum Gasteiger partial charge on any atom is 0.273 e. The van der Waals surface area contributed by atoms with E-state index in [1.807, 2.05) is 6.07 Å². The number of hydrogen-bond donors (Lipinski definition) is 1. The van der Waals surface area contributed by atoms with E-state index in [0.29, 0.717) is 5.56 Å². The Hall–Kier alpha value is -1.31. The molecule has 0 aliphatic carbocycles. The number of hydrogen-bond acceptors (Lipinski definition) is 1. The zero-order valence-corrected chi connectivity index (χ0v) is 6.21. The smallest absolute Gasteiger partial charge is 0.273 e. The van der Waals surface area contributed by atoms with Gasteiger partial charge in [-0.2, -0.15) is 4.39 Å². The largest absolute Gasteiger partial charge is 0.486 e. The highest BCUT2D eigenvalue weighted by molar-refractivity contribution is 5.63. The molecule has 1 nitrogen and oxygen atoms in total. The monoisotopic (exact) mass is 152 g/mol. The lowest BCUT2D eigenvalue weighted by Crippen LogP contribution is -1.81. The number of aliphatic hydroxyl groups excluding tert-OH is 1. The van der Waals surface area contributed by atoms with E-state index >= 15 is 0 Å². The van der Waals surface area contributed by atoms with E-state index < -0.39 is 6.01 Å². The third kappa shape index (κ3) is 1.80. The Balaban J connectivity index is 3.04. The van der Waals surface area contributed by atoms with E-state index in [4.69, 9.17) is 5.11 Å². The van der Waals surface area contributed by atoms with Crippen LogP contribution in [0.4, 0.5) is 4.39 Å². The van der Waals surface area contributed by atoms with Crippen LogP contribution in [0.2, 0.25) is 0 Å². The summed E-state index contributed by atoms with van der Waals surface area (Å²) in [7, 11) is 0. The molecule has 2 heteroatoms. The summed E-state index contributed by atoms with van der Waals surface area (Å²) in [5.74, 6) is 0. The minimum atomic E-state index is -1.11. The van der Waals surface area contributed by atoms with Crippen molar-refractivity contribution in [3.63, 3.8) is 0 Å². The second kappa shape index (κ2) is 3.19. The van der Waals surface area contributed by atoms with Gasteiger partial charge in [0.15, 0.2) is 0 Å². The highest BCUT2D eigenvalue weighted by Crippen LogP contribution is 2.16. The van der Waals surface area contributed by atoms with Crippen molar-refractivity contribution in [2.75, 3.05) is 0 Å². The number of rotatable bonds is 1. The molecule has 1 aromatic rings. The maximum absolute atomic E-state index is 12.2. The lowest BCUT2D eigenvalue weighted by Gasteiger charge is -1.98. The van der Waals surface area contributed by atoms with Crippen LogP contribution in [-0.2, 0) is 0 Å². The van der Waals surface area contributed by atoms with Crippen LogP contribution in [0.15, 0.2) is 36.3 Å². The molecule has 0 atom stereocenters. The fourth-order valence-corrected chi connectivity index (χ4v) is 0.807. The van der Waals surface area contributed by atoms with Gasteiger partial charge in [0.1, 0.15) is 0 Å². The fraction of sp³-hybridized carbons (Fsp3) is 0.111. The van der Waals surface area contributed by atoms with E-state index in [-0.39, 0.29) is 5.57 Å². The molecule has 0 amide bonds. The van der Waals surface area contributed by atoms with Gasteiger partial charge in [0.05, 0.1) is 0 Å². The number of allylic oxidation sites excluding steroid dienone is 1. The van der Waals surface area contributed by atoms with Crippen LogP contribution in [0.1, 0.15) is 12.5 Å². The zero-order chi connectivity index (χ0) is 8.27. The molecule has 11 heavy (non-hydrogen) atoms. The van der Waals surface area contributed by atoms with Gasteiger partial charge in [0, 0.05) is 5.57 Å². The molecule has 1 N–H and O–H groups in total. The zero-order valence-electron chi connectivity index (χ0n) is 6.21. The lowest BCUT2D eigenvalue weighted by molar-refractivity contribution is 0.286. The molecule has 0 spiro atoms. The molecule has 0 fully saturated rings. The molecule has 0 saturated carbocycles. The van der Waals surface area contributed by atoms with Crippen LogP contribution in [0.25, 0.3) is 5.57 Å². The molecule has 0 aliphatic rings. The average molecular weight is 152 g/mol. The van der Waals surface area contributed by atoms with E-state index in [1.165, 1.54) is 6.92 Å². The Bertz CT molecular complexity index is 260. The van der Waals surface area contributed by atoms with Gasteiger partial charge in [0.2, 0.25) is 0 Å². The van der Waals surface area contributed by atoms with Gasteiger partial charge in [-0.3, -0.25) is 0 Å². The molecule has 0 heterocycles.